The van der Waals surface area contributed by atoms with Crippen LogP contribution < -0.4 is 0 Å². The lowest BCUT2D eigenvalue weighted by Crippen LogP contribution is -1.83. The summed E-state index contributed by atoms with van der Waals surface area (Å²) in [5, 5.41) is 14.9. The molecule has 2 N–H and O–H groups in total. The number of phenolic OH excluding ortho intramolecular Hbond substituents is 1. The second kappa shape index (κ2) is 9.15. The number of H-pyrrole nitrogens is 1. The number of hydrogen-bond donors (Lipinski definition) is 2. The lowest BCUT2D eigenvalue weighted by atomic mass is 10.0. The van der Waals surface area contributed by atoms with Gasteiger partial charge in [-0.2, -0.15) is 11.3 Å². The van der Waals surface area contributed by atoms with Gasteiger partial charge in [0.25, 0.3) is 0 Å². The zero-order chi connectivity index (χ0) is 19.1. The molecule has 0 unspecified atom stereocenters. The van der Waals surface area contributed by atoms with Crippen molar-refractivity contribution in [2.75, 3.05) is 0 Å². The van der Waals surface area contributed by atoms with Gasteiger partial charge in [0, 0.05) is 34.5 Å². The first-order chi connectivity index (χ1) is 12.7. The van der Waals surface area contributed by atoms with Crippen LogP contribution in [-0.4, -0.2) is 15.1 Å². The van der Waals surface area contributed by atoms with Gasteiger partial charge < -0.3 is 10.1 Å². The molecule has 0 radical (unpaired) electrons. The van der Waals surface area contributed by atoms with Gasteiger partial charge in [0.15, 0.2) is 11.6 Å². The van der Waals surface area contributed by atoms with E-state index in [-0.39, 0.29) is 5.75 Å². The second-order valence-electron chi connectivity index (χ2n) is 4.97. The number of benzene rings is 1. The van der Waals surface area contributed by atoms with E-state index in [0.29, 0.717) is 11.2 Å². The van der Waals surface area contributed by atoms with Crippen LogP contribution in [0.15, 0.2) is 53.5 Å². The summed E-state index contributed by atoms with van der Waals surface area (Å²) in [4.78, 5) is 7.47. The molecule has 0 amide bonds. The predicted octanol–water partition coefficient (Wildman–Crippen LogP) is 6.86. The summed E-state index contributed by atoms with van der Waals surface area (Å²) < 4.78 is 13.6. The van der Waals surface area contributed by atoms with E-state index in [1.807, 2.05) is 45.2 Å². The van der Waals surface area contributed by atoms with Gasteiger partial charge in [0.2, 0.25) is 0 Å². The Hall–Kier alpha value is -2.66. The quantitative estimate of drug-likeness (QED) is 0.405. The standard InChI is InChI=1S/C17H11FN2OS.2C2H6/c18-15-3-1-2-12(16(15)21)14-8-20-17-13(14)6-11(7-19-17)10-4-5-22-9-10;2*1-2/h1-9,21H,(H,19,20);2*1-2H3. The molecule has 0 saturated heterocycles. The molecule has 1 aromatic carbocycles. The number of fused-ring (bicyclic) bond motifs is 1. The molecule has 3 heterocycles. The van der Waals surface area contributed by atoms with Crippen LogP contribution in [0.4, 0.5) is 4.39 Å². The average Bonchev–Trinajstić information content (AvgIpc) is 3.37. The van der Waals surface area contributed by atoms with Gasteiger partial charge in [-0.3, -0.25) is 0 Å². The first kappa shape index (κ1) is 19.7. The van der Waals surface area contributed by atoms with E-state index in [9.17, 15) is 9.50 Å². The second-order valence-corrected chi connectivity index (χ2v) is 5.75. The van der Waals surface area contributed by atoms with E-state index >= 15 is 0 Å². The molecule has 3 nitrogen and oxygen atoms in total. The van der Waals surface area contributed by atoms with Crippen molar-refractivity contribution in [3.8, 4) is 28.0 Å². The minimum absolute atomic E-state index is 0.343. The number of aromatic nitrogens is 2. The molecule has 0 saturated carbocycles. The molecular weight excluding hydrogens is 347 g/mol. The van der Waals surface area contributed by atoms with E-state index < -0.39 is 5.82 Å². The highest BCUT2D eigenvalue weighted by molar-refractivity contribution is 7.08. The van der Waals surface area contributed by atoms with E-state index in [0.717, 1.165) is 22.1 Å². The van der Waals surface area contributed by atoms with Gasteiger partial charge in [-0.25, -0.2) is 9.37 Å². The number of rotatable bonds is 2. The van der Waals surface area contributed by atoms with Crippen molar-refractivity contribution >= 4 is 22.4 Å². The third-order valence-corrected chi connectivity index (χ3v) is 4.35. The monoisotopic (exact) mass is 370 g/mol. The Bertz CT molecular complexity index is 961. The highest BCUT2D eigenvalue weighted by atomic mass is 32.1. The first-order valence-electron chi connectivity index (χ1n) is 8.71. The summed E-state index contributed by atoms with van der Waals surface area (Å²) >= 11 is 1.62. The number of nitrogens with zero attached hydrogens (tertiary/aromatic N) is 1. The molecule has 136 valence electrons. The summed E-state index contributed by atoms with van der Waals surface area (Å²) in [5.74, 6) is -0.974. The number of thiophene rings is 1. The van der Waals surface area contributed by atoms with Gasteiger partial charge in [0.1, 0.15) is 5.65 Å². The topological polar surface area (TPSA) is 48.9 Å². The number of para-hydroxylation sites is 1. The molecule has 3 aromatic heterocycles. The fourth-order valence-electron chi connectivity index (χ4n) is 2.55. The van der Waals surface area contributed by atoms with Crippen molar-refractivity contribution in [3.63, 3.8) is 0 Å². The van der Waals surface area contributed by atoms with Crippen LogP contribution in [0, 0.1) is 5.82 Å². The molecule has 26 heavy (non-hydrogen) atoms. The van der Waals surface area contributed by atoms with Gasteiger partial charge in [-0.05, 0) is 34.5 Å². The number of aromatic amines is 1. The Morgan fingerprint density at radius 2 is 1.81 bits per heavy atom. The molecular formula is C21H23FN2OS. The fraction of sp³-hybridized carbons (Fsp3) is 0.190. The van der Waals surface area contributed by atoms with Crippen molar-refractivity contribution in [1.82, 2.24) is 9.97 Å². The van der Waals surface area contributed by atoms with Crippen LogP contribution in [0.2, 0.25) is 0 Å². The number of pyridine rings is 1. The van der Waals surface area contributed by atoms with E-state index in [2.05, 4.69) is 15.3 Å². The highest BCUT2D eigenvalue weighted by Gasteiger charge is 2.14. The Morgan fingerprint density at radius 3 is 2.50 bits per heavy atom. The Labute approximate surface area is 157 Å². The van der Waals surface area contributed by atoms with Crippen molar-refractivity contribution in [2.24, 2.45) is 0 Å². The van der Waals surface area contributed by atoms with Crippen LogP contribution >= 0.6 is 11.3 Å². The van der Waals surface area contributed by atoms with E-state index in [1.54, 1.807) is 35.9 Å². The Balaban J connectivity index is 0.000000570. The molecule has 0 spiro atoms. The average molecular weight is 370 g/mol. The summed E-state index contributed by atoms with van der Waals surface area (Å²) in [5.41, 5.74) is 3.98. The Morgan fingerprint density at radius 1 is 1.04 bits per heavy atom. The zero-order valence-electron chi connectivity index (χ0n) is 15.4. The van der Waals surface area contributed by atoms with Crippen molar-refractivity contribution < 1.29 is 9.50 Å². The van der Waals surface area contributed by atoms with Crippen molar-refractivity contribution in [3.05, 3.63) is 59.3 Å². The zero-order valence-corrected chi connectivity index (χ0v) is 16.2. The van der Waals surface area contributed by atoms with E-state index in [4.69, 9.17) is 0 Å². The van der Waals surface area contributed by atoms with Crippen LogP contribution in [0.1, 0.15) is 27.7 Å². The lowest BCUT2D eigenvalue weighted by molar-refractivity contribution is 0.434. The van der Waals surface area contributed by atoms with Gasteiger partial charge in [-0.15, -0.1) is 0 Å². The van der Waals surface area contributed by atoms with Crippen molar-refractivity contribution in [2.45, 2.75) is 27.7 Å². The summed E-state index contributed by atoms with van der Waals surface area (Å²) in [6, 6.07) is 8.54. The number of nitrogens with one attached hydrogen (secondary N) is 1. The van der Waals surface area contributed by atoms with Crippen molar-refractivity contribution in [1.29, 1.82) is 0 Å². The largest absolute Gasteiger partial charge is 0.504 e. The van der Waals surface area contributed by atoms with Crippen LogP contribution in [0.3, 0.4) is 0 Å². The van der Waals surface area contributed by atoms with Gasteiger partial charge in [-0.1, -0.05) is 39.8 Å². The van der Waals surface area contributed by atoms with Crippen LogP contribution in [0.25, 0.3) is 33.3 Å². The molecule has 0 aliphatic heterocycles. The maximum absolute atomic E-state index is 13.6. The molecule has 0 bridgehead atoms. The molecule has 0 aliphatic carbocycles. The fourth-order valence-corrected chi connectivity index (χ4v) is 3.21. The molecule has 0 atom stereocenters. The minimum atomic E-state index is -0.631. The molecule has 0 aliphatic rings. The van der Waals surface area contributed by atoms with Crippen LogP contribution in [-0.2, 0) is 0 Å². The lowest BCUT2D eigenvalue weighted by Gasteiger charge is -2.05. The molecule has 5 heteroatoms. The Kier molecular flexibility index (Phi) is 6.92. The molecule has 4 rings (SSSR count). The maximum atomic E-state index is 13.6. The molecule has 4 aromatic rings. The normalized spacial score (nSPS) is 9.88. The minimum Gasteiger partial charge on any atom is -0.504 e. The summed E-state index contributed by atoms with van der Waals surface area (Å²) in [6.07, 6.45) is 3.54. The third-order valence-electron chi connectivity index (χ3n) is 3.66. The maximum Gasteiger partial charge on any atom is 0.165 e. The SMILES string of the molecule is CC.CC.Oc1c(F)cccc1-c1c[nH]c2ncc(-c3ccsc3)cc12. The van der Waals surface area contributed by atoms with E-state index in [1.165, 1.54) is 6.07 Å². The van der Waals surface area contributed by atoms with Crippen LogP contribution in [0.5, 0.6) is 5.75 Å². The smallest absolute Gasteiger partial charge is 0.165 e. The number of phenols is 1. The van der Waals surface area contributed by atoms with Gasteiger partial charge in [0.05, 0.1) is 0 Å². The summed E-state index contributed by atoms with van der Waals surface area (Å²) in [7, 11) is 0. The third kappa shape index (κ3) is 3.78. The predicted molar refractivity (Wildman–Crippen MR) is 109 cm³/mol. The number of aromatic hydroxyl groups is 1. The summed E-state index contributed by atoms with van der Waals surface area (Å²) in [6.45, 7) is 8.00. The number of halogens is 1. The molecule has 0 fully saturated rings. The van der Waals surface area contributed by atoms with Gasteiger partial charge >= 0.3 is 0 Å². The highest BCUT2D eigenvalue weighted by Crippen LogP contribution is 2.36. The number of hydrogen-bond acceptors (Lipinski definition) is 3. The first-order valence-corrected chi connectivity index (χ1v) is 9.66.